The summed E-state index contributed by atoms with van der Waals surface area (Å²) in [6.45, 7) is 3.30. The van der Waals surface area contributed by atoms with Gasteiger partial charge in [-0.1, -0.05) is 0 Å². The predicted molar refractivity (Wildman–Crippen MR) is 124 cm³/mol. The Morgan fingerprint density at radius 2 is 1.56 bits per heavy atom. The van der Waals surface area contributed by atoms with Crippen LogP contribution in [-0.4, -0.2) is 34.0 Å². The minimum atomic E-state index is -0.781. The van der Waals surface area contributed by atoms with Gasteiger partial charge >= 0.3 is 0 Å². The van der Waals surface area contributed by atoms with E-state index in [1.807, 2.05) is 0 Å². The van der Waals surface area contributed by atoms with Gasteiger partial charge in [0.1, 0.15) is 28.4 Å². The number of Topliss-reactive ketones (excluding diaryl/α,β-unsaturated/α-hetero) is 1. The van der Waals surface area contributed by atoms with Crippen molar-refractivity contribution in [1.29, 1.82) is 0 Å². The number of phenolic OH excluding ortho intramolecular Hbond substituents is 2. The standard InChI is InChI=1S/C26H18O8/c1-10-4-14-16(27)9-15(23(29)21(14)17(28)5-10)22-18(33-3)8-13-7-12-6-11(2)34-26(32)20(12)24(30)19(13)25(22)31/h4-9,28,30,32H,1-3H3. The largest absolute Gasteiger partial charge is 0.507 e. The fourth-order valence-corrected chi connectivity index (χ4v) is 4.51. The van der Waals surface area contributed by atoms with E-state index in [1.165, 1.54) is 25.3 Å². The summed E-state index contributed by atoms with van der Waals surface area (Å²) in [5.74, 6) is -2.35. The summed E-state index contributed by atoms with van der Waals surface area (Å²) >= 11 is 0. The highest BCUT2D eigenvalue weighted by atomic mass is 16.5. The molecule has 0 radical (unpaired) electrons. The van der Waals surface area contributed by atoms with Crippen LogP contribution in [0.4, 0.5) is 0 Å². The fourth-order valence-electron chi connectivity index (χ4n) is 4.51. The van der Waals surface area contributed by atoms with Crippen LogP contribution in [0, 0.1) is 13.8 Å². The molecule has 0 fully saturated rings. The zero-order chi connectivity index (χ0) is 24.5. The van der Waals surface area contributed by atoms with Crippen LogP contribution >= 0.6 is 0 Å². The van der Waals surface area contributed by atoms with Crippen molar-refractivity contribution in [1.82, 2.24) is 0 Å². The zero-order valence-corrected chi connectivity index (χ0v) is 18.3. The molecule has 170 valence electrons. The molecule has 1 aliphatic carbocycles. The zero-order valence-electron chi connectivity index (χ0n) is 18.3. The summed E-state index contributed by atoms with van der Waals surface area (Å²) in [6, 6.07) is 7.48. The van der Waals surface area contributed by atoms with Crippen LogP contribution in [-0.2, 0) is 0 Å². The van der Waals surface area contributed by atoms with Gasteiger partial charge in [0, 0.05) is 11.1 Å². The van der Waals surface area contributed by atoms with E-state index < -0.39 is 28.7 Å². The molecule has 3 aromatic carbocycles. The second kappa shape index (κ2) is 7.21. The van der Waals surface area contributed by atoms with Gasteiger partial charge in [-0.3, -0.25) is 14.4 Å². The van der Waals surface area contributed by atoms with Crippen LogP contribution in [0.2, 0.25) is 0 Å². The van der Waals surface area contributed by atoms with Gasteiger partial charge in [0.15, 0.2) is 11.6 Å². The number of fused-ring (bicyclic) bond motifs is 3. The third-order valence-corrected chi connectivity index (χ3v) is 5.94. The molecule has 8 nitrogen and oxygen atoms in total. The first kappa shape index (κ1) is 21.3. The topological polar surface area (TPSA) is 134 Å². The molecule has 0 atom stereocenters. The smallest absolute Gasteiger partial charge is 0.293 e. The van der Waals surface area contributed by atoms with E-state index in [0.717, 1.165) is 6.08 Å². The molecule has 8 heteroatoms. The van der Waals surface area contributed by atoms with Crippen molar-refractivity contribution in [3.05, 3.63) is 74.6 Å². The van der Waals surface area contributed by atoms with E-state index >= 15 is 0 Å². The van der Waals surface area contributed by atoms with Crippen LogP contribution in [0.5, 0.6) is 23.2 Å². The Morgan fingerprint density at radius 3 is 2.26 bits per heavy atom. The Morgan fingerprint density at radius 1 is 0.853 bits per heavy atom. The Labute approximate surface area is 191 Å². The number of carbonyl (C=O) groups is 2. The fraction of sp³-hybridized carbons (Fsp3) is 0.115. The molecular formula is C26H18O8. The molecule has 3 N–H and O–H groups in total. The molecule has 1 aromatic heterocycles. The first-order valence-corrected chi connectivity index (χ1v) is 10.3. The van der Waals surface area contributed by atoms with Gasteiger partial charge in [-0.15, -0.1) is 0 Å². The number of ketones is 2. The van der Waals surface area contributed by atoms with Crippen molar-refractivity contribution in [3.8, 4) is 23.2 Å². The molecule has 1 aliphatic rings. The second-order valence-corrected chi connectivity index (χ2v) is 8.19. The van der Waals surface area contributed by atoms with Crippen molar-refractivity contribution in [2.45, 2.75) is 13.8 Å². The summed E-state index contributed by atoms with van der Waals surface area (Å²) in [4.78, 5) is 39.8. The molecule has 0 saturated heterocycles. The molecule has 0 bridgehead atoms. The first-order chi connectivity index (χ1) is 16.1. The number of hydrogen-bond acceptors (Lipinski definition) is 8. The molecule has 0 spiro atoms. The molecular weight excluding hydrogens is 440 g/mol. The van der Waals surface area contributed by atoms with Gasteiger partial charge in [0.2, 0.25) is 5.43 Å². The van der Waals surface area contributed by atoms with Gasteiger partial charge in [-0.25, -0.2) is 0 Å². The number of carbonyl (C=O) groups excluding carboxylic acids is 2. The predicted octanol–water partition coefficient (Wildman–Crippen LogP) is 4.15. The highest BCUT2D eigenvalue weighted by molar-refractivity contribution is 6.40. The maximum absolute atomic E-state index is 13.6. The quantitative estimate of drug-likeness (QED) is 0.381. The van der Waals surface area contributed by atoms with E-state index in [9.17, 15) is 29.7 Å². The molecule has 5 rings (SSSR count). The number of ether oxygens (including phenoxy) is 1. The van der Waals surface area contributed by atoms with E-state index in [4.69, 9.17) is 9.15 Å². The number of aromatic hydroxyl groups is 3. The van der Waals surface area contributed by atoms with Gasteiger partial charge in [-0.05, 0) is 66.6 Å². The van der Waals surface area contributed by atoms with Crippen LogP contribution in [0.25, 0.3) is 27.1 Å². The van der Waals surface area contributed by atoms with Crippen molar-refractivity contribution in [2.75, 3.05) is 7.11 Å². The van der Waals surface area contributed by atoms with Gasteiger partial charge in [-0.2, -0.15) is 0 Å². The molecule has 0 aliphatic heterocycles. The van der Waals surface area contributed by atoms with E-state index in [1.54, 1.807) is 26.0 Å². The number of phenols is 2. The summed E-state index contributed by atoms with van der Waals surface area (Å²) in [6.07, 6.45) is 1.03. The van der Waals surface area contributed by atoms with Crippen LogP contribution in [0.1, 0.15) is 37.6 Å². The van der Waals surface area contributed by atoms with Crippen molar-refractivity contribution in [3.63, 3.8) is 0 Å². The Balaban J connectivity index is 1.86. The SMILES string of the molecule is COc1cc2cc3cc(C)oc(O)c3c(O)c2c(=O)c1C1=CC(=O)c2cc(C)cc(O)c2C1=O. The molecule has 1 heterocycles. The van der Waals surface area contributed by atoms with Gasteiger partial charge < -0.3 is 24.5 Å². The minimum Gasteiger partial charge on any atom is -0.507 e. The maximum atomic E-state index is 13.6. The molecule has 0 saturated carbocycles. The minimum absolute atomic E-state index is 0.0141. The van der Waals surface area contributed by atoms with Gasteiger partial charge in [0.05, 0.1) is 23.6 Å². The number of allylic oxidation sites excluding steroid dienone is 2. The number of rotatable bonds is 2. The number of benzene rings is 3. The number of methoxy groups -OCH3 is 1. The number of hydrogen-bond donors (Lipinski definition) is 3. The lowest BCUT2D eigenvalue weighted by Crippen LogP contribution is -2.21. The molecule has 0 amide bonds. The summed E-state index contributed by atoms with van der Waals surface area (Å²) in [5, 5.41) is 32.0. The summed E-state index contributed by atoms with van der Waals surface area (Å²) < 4.78 is 10.6. The number of aryl methyl sites for hydroxylation is 2. The average Bonchev–Trinajstić information content (AvgIpc) is 2.75. The first-order valence-electron chi connectivity index (χ1n) is 10.3. The Hall–Kier alpha value is -4.59. The Bertz CT molecular complexity index is 1690. The lowest BCUT2D eigenvalue weighted by molar-refractivity contribution is 0.0999. The average molecular weight is 458 g/mol. The van der Waals surface area contributed by atoms with Crippen molar-refractivity contribution >= 4 is 38.7 Å². The monoisotopic (exact) mass is 458 g/mol. The van der Waals surface area contributed by atoms with E-state index in [-0.39, 0.29) is 44.5 Å². The molecule has 34 heavy (non-hydrogen) atoms. The third kappa shape index (κ3) is 2.88. The van der Waals surface area contributed by atoms with E-state index in [2.05, 4.69) is 0 Å². The summed E-state index contributed by atoms with van der Waals surface area (Å²) in [5.41, 5.74) is -0.858. The Kier molecular flexibility index (Phi) is 4.51. The normalized spacial score (nSPS) is 13.3. The van der Waals surface area contributed by atoms with Crippen molar-refractivity contribution in [2.24, 2.45) is 0 Å². The van der Waals surface area contributed by atoms with Crippen LogP contribution in [0.15, 0.2) is 45.6 Å². The highest BCUT2D eigenvalue weighted by Crippen LogP contribution is 2.42. The molecule has 0 unspecified atom stereocenters. The summed E-state index contributed by atoms with van der Waals surface area (Å²) in [7, 11) is 1.31. The van der Waals surface area contributed by atoms with Crippen molar-refractivity contribution < 1.29 is 34.1 Å². The third-order valence-electron chi connectivity index (χ3n) is 5.94. The maximum Gasteiger partial charge on any atom is 0.293 e. The second-order valence-electron chi connectivity index (χ2n) is 8.19. The van der Waals surface area contributed by atoms with E-state index in [0.29, 0.717) is 22.1 Å². The van der Waals surface area contributed by atoms with Crippen LogP contribution < -0.4 is 10.2 Å². The van der Waals surface area contributed by atoms with Gasteiger partial charge in [0.25, 0.3) is 5.95 Å². The van der Waals surface area contributed by atoms with Crippen LogP contribution in [0.3, 0.4) is 0 Å². The lowest BCUT2D eigenvalue weighted by atomic mass is 9.83. The lowest BCUT2D eigenvalue weighted by Gasteiger charge is -2.19. The molecule has 4 aromatic rings. The highest BCUT2D eigenvalue weighted by Gasteiger charge is 2.33.